The van der Waals surface area contributed by atoms with Gasteiger partial charge in [-0.15, -0.1) is 0 Å². The minimum absolute atomic E-state index is 0.127. The van der Waals surface area contributed by atoms with Gasteiger partial charge in [-0.25, -0.2) is 4.39 Å². The molecule has 1 aliphatic carbocycles. The Balaban J connectivity index is 1.86. The van der Waals surface area contributed by atoms with Crippen LogP contribution in [0.4, 0.5) is 4.39 Å². The molecule has 1 aliphatic heterocycles. The number of halogens is 1. The molecule has 1 aromatic carbocycles. The van der Waals surface area contributed by atoms with E-state index in [1.807, 2.05) is 11.0 Å². The quantitative estimate of drug-likeness (QED) is 0.901. The summed E-state index contributed by atoms with van der Waals surface area (Å²) < 4.78 is 13.4. The molecule has 2 fully saturated rings. The number of hydrogen-bond acceptors (Lipinski definition) is 2. The van der Waals surface area contributed by atoms with Gasteiger partial charge in [-0.2, -0.15) is 0 Å². The first-order chi connectivity index (χ1) is 9.46. The first-order valence-corrected chi connectivity index (χ1v) is 7.26. The summed E-state index contributed by atoms with van der Waals surface area (Å²) in [6, 6.07) is 6.80. The molecular weight excluding hydrogens is 255 g/mol. The van der Waals surface area contributed by atoms with Crippen molar-refractivity contribution in [3.05, 3.63) is 35.6 Å². The highest BCUT2D eigenvalue weighted by Gasteiger charge is 2.42. The van der Waals surface area contributed by atoms with E-state index in [2.05, 4.69) is 19.2 Å². The zero-order valence-electron chi connectivity index (χ0n) is 12.0. The van der Waals surface area contributed by atoms with Crippen LogP contribution in [0.15, 0.2) is 24.3 Å². The summed E-state index contributed by atoms with van der Waals surface area (Å²) in [6.45, 7) is 4.84. The fourth-order valence-corrected chi connectivity index (χ4v) is 3.52. The molecule has 1 saturated carbocycles. The molecule has 1 N–H and O–H groups in total. The van der Waals surface area contributed by atoms with Crippen molar-refractivity contribution < 1.29 is 9.18 Å². The third-order valence-electron chi connectivity index (χ3n) is 4.51. The van der Waals surface area contributed by atoms with Crippen molar-refractivity contribution in [2.75, 3.05) is 6.54 Å². The third kappa shape index (κ3) is 2.44. The fourth-order valence-electron chi connectivity index (χ4n) is 3.52. The van der Waals surface area contributed by atoms with Crippen LogP contribution in [0.2, 0.25) is 0 Å². The lowest BCUT2D eigenvalue weighted by molar-refractivity contribution is -0.130. The summed E-state index contributed by atoms with van der Waals surface area (Å²) in [5.74, 6) is -0.127. The number of nitrogens with zero attached hydrogens (tertiary/aromatic N) is 1. The fraction of sp³-hybridized carbons (Fsp3) is 0.562. The van der Waals surface area contributed by atoms with Gasteiger partial charge in [-0.1, -0.05) is 26.0 Å². The number of hydrogen-bond donors (Lipinski definition) is 1. The van der Waals surface area contributed by atoms with E-state index in [1.54, 1.807) is 6.07 Å². The smallest absolute Gasteiger partial charge is 0.238 e. The van der Waals surface area contributed by atoms with Crippen molar-refractivity contribution in [1.82, 2.24) is 10.2 Å². The summed E-state index contributed by atoms with van der Waals surface area (Å²) in [5, 5.41) is 3.21. The second-order valence-corrected chi connectivity index (χ2v) is 6.70. The Morgan fingerprint density at radius 1 is 1.40 bits per heavy atom. The second kappa shape index (κ2) is 4.85. The van der Waals surface area contributed by atoms with E-state index in [-0.39, 0.29) is 23.9 Å². The molecule has 4 heteroatoms. The molecule has 1 amide bonds. The van der Waals surface area contributed by atoms with Gasteiger partial charge in [-0.3, -0.25) is 10.1 Å². The van der Waals surface area contributed by atoms with E-state index in [1.165, 1.54) is 12.1 Å². The highest BCUT2D eigenvalue weighted by Crippen LogP contribution is 2.42. The van der Waals surface area contributed by atoms with Crippen molar-refractivity contribution >= 4 is 5.91 Å². The predicted molar refractivity (Wildman–Crippen MR) is 75.4 cm³/mol. The van der Waals surface area contributed by atoms with Crippen LogP contribution in [-0.4, -0.2) is 23.4 Å². The first kappa shape index (κ1) is 13.6. The number of carbonyl (C=O) groups excluding carboxylic acids is 1. The van der Waals surface area contributed by atoms with Crippen LogP contribution in [-0.2, 0) is 4.79 Å². The van der Waals surface area contributed by atoms with Gasteiger partial charge in [-0.05, 0) is 42.4 Å². The third-order valence-corrected chi connectivity index (χ3v) is 4.51. The van der Waals surface area contributed by atoms with Gasteiger partial charge in [0.1, 0.15) is 12.0 Å². The average Bonchev–Trinajstić information content (AvgIpc) is 2.92. The van der Waals surface area contributed by atoms with Gasteiger partial charge in [0.05, 0.1) is 6.54 Å². The number of carbonyl (C=O) groups is 1. The zero-order chi connectivity index (χ0) is 14.3. The van der Waals surface area contributed by atoms with E-state index >= 15 is 0 Å². The van der Waals surface area contributed by atoms with Crippen LogP contribution >= 0.6 is 0 Å². The van der Waals surface area contributed by atoms with Crippen molar-refractivity contribution in [3.8, 4) is 0 Å². The number of nitrogens with one attached hydrogen (secondary N) is 1. The lowest BCUT2D eigenvalue weighted by Gasteiger charge is -2.31. The van der Waals surface area contributed by atoms with E-state index in [4.69, 9.17) is 0 Å². The van der Waals surface area contributed by atoms with Gasteiger partial charge < -0.3 is 4.90 Å². The lowest BCUT2D eigenvalue weighted by Crippen LogP contribution is -2.38. The summed E-state index contributed by atoms with van der Waals surface area (Å²) in [7, 11) is 0. The molecule has 2 unspecified atom stereocenters. The van der Waals surface area contributed by atoms with Crippen LogP contribution in [0.5, 0.6) is 0 Å². The molecule has 1 aromatic rings. The van der Waals surface area contributed by atoms with Crippen LogP contribution in [0.3, 0.4) is 0 Å². The molecule has 3 rings (SSSR count). The highest BCUT2D eigenvalue weighted by molar-refractivity contribution is 5.81. The van der Waals surface area contributed by atoms with Crippen LogP contribution in [0, 0.1) is 11.2 Å². The van der Waals surface area contributed by atoms with E-state index in [9.17, 15) is 9.18 Å². The molecule has 0 aromatic heterocycles. The van der Waals surface area contributed by atoms with Crippen LogP contribution in [0.1, 0.15) is 44.8 Å². The maximum Gasteiger partial charge on any atom is 0.238 e. The molecule has 2 atom stereocenters. The van der Waals surface area contributed by atoms with Crippen molar-refractivity contribution in [2.24, 2.45) is 5.41 Å². The molecule has 0 radical (unpaired) electrons. The standard InChI is InChI=1S/C16H21FN2O/c1-16(2)7-6-13(9-16)19-14(20)10-18-15(19)11-4-3-5-12(17)8-11/h3-5,8,13,15,18H,6-7,9-10H2,1-2H3. The normalized spacial score (nSPS) is 29.1. The molecule has 1 heterocycles. The molecule has 3 nitrogen and oxygen atoms in total. The second-order valence-electron chi connectivity index (χ2n) is 6.70. The minimum Gasteiger partial charge on any atom is -0.319 e. The zero-order valence-corrected chi connectivity index (χ0v) is 12.0. The average molecular weight is 276 g/mol. The Labute approximate surface area is 119 Å². The molecule has 2 aliphatic rings. The first-order valence-electron chi connectivity index (χ1n) is 7.26. The summed E-state index contributed by atoms with van der Waals surface area (Å²) in [4.78, 5) is 14.1. The summed E-state index contributed by atoms with van der Waals surface area (Å²) in [6.07, 6.45) is 3.01. The number of rotatable bonds is 2. The molecule has 20 heavy (non-hydrogen) atoms. The van der Waals surface area contributed by atoms with Gasteiger partial charge in [0.2, 0.25) is 5.91 Å². The Kier molecular flexibility index (Phi) is 3.28. The topological polar surface area (TPSA) is 32.3 Å². The monoisotopic (exact) mass is 276 g/mol. The van der Waals surface area contributed by atoms with E-state index in [0.717, 1.165) is 24.8 Å². The van der Waals surface area contributed by atoms with Gasteiger partial charge in [0.15, 0.2) is 0 Å². The Hall–Kier alpha value is -1.42. The Bertz CT molecular complexity index is 529. The Morgan fingerprint density at radius 3 is 2.85 bits per heavy atom. The molecule has 108 valence electrons. The van der Waals surface area contributed by atoms with Crippen LogP contribution in [0.25, 0.3) is 0 Å². The van der Waals surface area contributed by atoms with Crippen molar-refractivity contribution in [2.45, 2.75) is 45.3 Å². The number of amides is 1. The summed E-state index contributed by atoms with van der Waals surface area (Å²) in [5.41, 5.74) is 1.13. The van der Waals surface area contributed by atoms with Crippen LogP contribution < -0.4 is 5.32 Å². The Morgan fingerprint density at radius 2 is 2.20 bits per heavy atom. The van der Waals surface area contributed by atoms with E-state index < -0.39 is 0 Å². The maximum atomic E-state index is 13.4. The van der Waals surface area contributed by atoms with Crippen molar-refractivity contribution in [1.29, 1.82) is 0 Å². The van der Waals surface area contributed by atoms with Crippen molar-refractivity contribution in [3.63, 3.8) is 0 Å². The highest BCUT2D eigenvalue weighted by atomic mass is 19.1. The lowest BCUT2D eigenvalue weighted by atomic mass is 9.91. The summed E-state index contributed by atoms with van der Waals surface area (Å²) >= 11 is 0. The maximum absolute atomic E-state index is 13.4. The predicted octanol–water partition coefficient (Wildman–Crippen LogP) is 2.83. The van der Waals surface area contributed by atoms with E-state index in [0.29, 0.717) is 12.0 Å². The van der Waals surface area contributed by atoms with Gasteiger partial charge in [0, 0.05) is 6.04 Å². The number of benzene rings is 1. The van der Waals surface area contributed by atoms with Gasteiger partial charge in [0.25, 0.3) is 0 Å². The molecule has 0 bridgehead atoms. The van der Waals surface area contributed by atoms with Gasteiger partial charge >= 0.3 is 0 Å². The minimum atomic E-state index is -0.254. The molecular formula is C16H21FN2O. The molecule has 0 spiro atoms. The largest absolute Gasteiger partial charge is 0.319 e. The SMILES string of the molecule is CC1(C)CCC(N2C(=O)CNC2c2cccc(F)c2)C1. The molecule has 1 saturated heterocycles.